The zero-order valence-corrected chi connectivity index (χ0v) is 11.1. The molecular weight excluding hydrogens is 252 g/mol. The highest BCUT2D eigenvalue weighted by atomic mass is 16.6. The maximum atomic E-state index is 11.2. The highest BCUT2D eigenvalue weighted by Gasteiger charge is 2.13. The van der Waals surface area contributed by atoms with E-state index in [4.69, 9.17) is 18.9 Å². The molecule has 0 unspecified atom stereocenters. The van der Waals surface area contributed by atoms with Crippen molar-refractivity contribution >= 4 is 12.3 Å². The van der Waals surface area contributed by atoms with Gasteiger partial charge in [-0.15, -0.1) is 0 Å². The molecule has 0 N–H and O–H groups in total. The molecule has 1 rings (SSSR count). The Kier molecular flexibility index (Phi) is 5.66. The van der Waals surface area contributed by atoms with E-state index in [1.807, 2.05) is 0 Å². The van der Waals surface area contributed by atoms with Gasteiger partial charge in [0.05, 0.1) is 26.4 Å². The van der Waals surface area contributed by atoms with Gasteiger partial charge < -0.3 is 18.9 Å². The highest BCUT2D eigenvalue weighted by molar-refractivity contribution is 5.81. The summed E-state index contributed by atoms with van der Waals surface area (Å²) < 4.78 is 20.1. The predicted octanol–water partition coefficient (Wildman–Crippen LogP) is 1.46. The summed E-state index contributed by atoms with van der Waals surface area (Å²) in [5, 5.41) is 0. The van der Waals surface area contributed by atoms with E-state index < -0.39 is 5.97 Å². The summed E-state index contributed by atoms with van der Waals surface area (Å²) >= 11 is 0. The lowest BCUT2D eigenvalue weighted by molar-refractivity contribution is -0.145. The van der Waals surface area contributed by atoms with Gasteiger partial charge in [0, 0.05) is 6.07 Å². The Bertz CT molecular complexity index is 455. The second kappa shape index (κ2) is 7.25. The second-order valence-electron chi connectivity index (χ2n) is 3.46. The van der Waals surface area contributed by atoms with E-state index in [-0.39, 0.29) is 24.5 Å². The van der Waals surface area contributed by atoms with Gasteiger partial charge in [-0.05, 0) is 13.0 Å². The van der Waals surface area contributed by atoms with Gasteiger partial charge in [-0.1, -0.05) is 0 Å². The lowest BCUT2D eigenvalue weighted by Crippen LogP contribution is -2.15. The zero-order chi connectivity index (χ0) is 14.3. The van der Waals surface area contributed by atoms with Crippen LogP contribution in [-0.4, -0.2) is 39.7 Å². The minimum Gasteiger partial charge on any atom is -0.493 e. The molecule has 0 atom stereocenters. The van der Waals surface area contributed by atoms with Crippen molar-refractivity contribution < 1.29 is 28.5 Å². The molecule has 0 spiro atoms. The molecule has 0 amide bonds. The van der Waals surface area contributed by atoms with Crippen molar-refractivity contribution in [2.75, 3.05) is 27.4 Å². The van der Waals surface area contributed by atoms with Gasteiger partial charge in [-0.25, -0.2) is 4.79 Å². The molecule has 0 bridgehead atoms. The number of ether oxygens (including phenoxy) is 4. The normalized spacial score (nSPS) is 9.63. The standard InChI is InChI=1S/C13H16O6/c1-4-18-13(15)8-19-10-6-12(17-3)11(16-2)5-9(10)7-14/h5-7H,4,8H2,1-3H3. The molecule has 0 fully saturated rings. The lowest BCUT2D eigenvalue weighted by Gasteiger charge is -2.12. The van der Waals surface area contributed by atoms with Crippen LogP contribution >= 0.6 is 0 Å². The van der Waals surface area contributed by atoms with Crippen molar-refractivity contribution in [3.05, 3.63) is 17.7 Å². The molecule has 0 radical (unpaired) electrons. The fourth-order valence-electron chi connectivity index (χ4n) is 1.43. The van der Waals surface area contributed by atoms with Crippen molar-refractivity contribution in [2.45, 2.75) is 6.92 Å². The van der Waals surface area contributed by atoms with Gasteiger partial charge in [0.1, 0.15) is 5.75 Å². The van der Waals surface area contributed by atoms with E-state index in [9.17, 15) is 9.59 Å². The molecule has 1 aromatic carbocycles. The number of aldehydes is 1. The van der Waals surface area contributed by atoms with Crippen LogP contribution in [0.5, 0.6) is 17.2 Å². The van der Waals surface area contributed by atoms with Crippen LogP contribution in [0, 0.1) is 0 Å². The number of hydrogen-bond acceptors (Lipinski definition) is 6. The van der Waals surface area contributed by atoms with Gasteiger partial charge in [-0.2, -0.15) is 0 Å². The SMILES string of the molecule is CCOC(=O)COc1cc(OC)c(OC)cc1C=O. The first-order valence-electron chi connectivity index (χ1n) is 5.65. The molecular formula is C13H16O6. The molecule has 0 heterocycles. The van der Waals surface area contributed by atoms with E-state index in [1.54, 1.807) is 6.92 Å². The van der Waals surface area contributed by atoms with Gasteiger partial charge >= 0.3 is 5.97 Å². The highest BCUT2D eigenvalue weighted by Crippen LogP contribution is 2.33. The van der Waals surface area contributed by atoms with Gasteiger partial charge in [0.2, 0.25) is 0 Å². The summed E-state index contributed by atoms with van der Waals surface area (Å²) in [7, 11) is 2.93. The number of carbonyl (C=O) groups excluding carboxylic acids is 2. The van der Waals surface area contributed by atoms with Crippen LogP contribution in [0.15, 0.2) is 12.1 Å². The van der Waals surface area contributed by atoms with Crippen molar-refractivity contribution in [1.29, 1.82) is 0 Å². The Morgan fingerprint density at radius 2 is 1.79 bits per heavy atom. The lowest BCUT2D eigenvalue weighted by atomic mass is 10.2. The monoisotopic (exact) mass is 268 g/mol. The number of hydrogen-bond donors (Lipinski definition) is 0. The van der Waals surface area contributed by atoms with Crippen LogP contribution in [0.1, 0.15) is 17.3 Å². The number of benzene rings is 1. The third kappa shape index (κ3) is 3.87. The molecule has 0 aliphatic carbocycles. The average Bonchev–Trinajstić information content (AvgIpc) is 2.44. The summed E-state index contributed by atoms with van der Waals surface area (Å²) in [4.78, 5) is 22.2. The zero-order valence-electron chi connectivity index (χ0n) is 11.1. The summed E-state index contributed by atoms with van der Waals surface area (Å²) in [6, 6.07) is 2.97. The summed E-state index contributed by atoms with van der Waals surface area (Å²) in [6.45, 7) is 1.70. The smallest absolute Gasteiger partial charge is 0.344 e. The average molecular weight is 268 g/mol. The van der Waals surface area contributed by atoms with E-state index in [2.05, 4.69) is 0 Å². The van der Waals surface area contributed by atoms with E-state index in [0.29, 0.717) is 17.8 Å². The van der Waals surface area contributed by atoms with E-state index in [0.717, 1.165) is 0 Å². The number of esters is 1. The van der Waals surface area contributed by atoms with Gasteiger partial charge in [0.15, 0.2) is 24.4 Å². The molecule has 0 saturated heterocycles. The maximum Gasteiger partial charge on any atom is 0.344 e. The summed E-state index contributed by atoms with van der Waals surface area (Å²) in [6.07, 6.45) is 0.614. The second-order valence-corrected chi connectivity index (χ2v) is 3.46. The third-order valence-electron chi connectivity index (χ3n) is 2.29. The Hall–Kier alpha value is -2.24. The van der Waals surface area contributed by atoms with E-state index in [1.165, 1.54) is 26.4 Å². The fourth-order valence-corrected chi connectivity index (χ4v) is 1.43. The van der Waals surface area contributed by atoms with Crippen molar-refractivity contribution in [3.8, 4) is 17.2 Å². The first kappa shape index (κ1) is 14.8. The van der Waals surface area contributed by atoms with Crippen molar-refractivity contribution in [3.63, 3.8) is 0 Å². The first-order chi connectivity index (χ1) is 9.15. The van der Waals surface area contributed by atoms with Crippen LogP contribution in [0.25, 0.3) is 0 Å². The van der Waals surface area contributed by atoms with Crippen LogP contribution in [0.2, 0.25) is 0 Å². The molecule has 0 saturated carbocycles. The summed E-state index contributed by atoms with van der Waals surface area (Å²) in [5.41, 5.74) is 0.266. The fraction of sp³-hybridized carbons (Fsp3) is 0.385. The van der Waals surface area contributed by atoms with Crippen LogP contribution in [-0.2, 0) is 9.53 Å². The van der Waals surface area contributed by atoms with E-state index >= 15 is 0 Å². The molecule has 0 aliphatic heterocycles. The maximum absolute atomic E-state index is 11.2. The van der Waals surface area contributed by atoms with Crippen molar-refractivity contribution in [1.82, 2.24) is 0 Å². The largest absolute Gasteiger partial charge is 0.493 e. The Labute approximate surface area is 111 Å². The predicted molar refractivity (Wildman–Crippen MR) is 67.1 cm³/mol. The van der Waals surface area contributed by atoms with Crippen LogP contribution < -0.4 is 14.2 Å². The number of rotatable bonds is 7. The Morgan fingerprint density at radius 3 is 2.32 bits per heavy atom. The van der Waals surface area contributed by atoms with Gasteiger partial charge in [0.25, 0.3) is 0 Å². The summed E-state index contributed by atoms with van der Waals surface area (Å²) in [5.74, 6) is 0.551. The molecule has 19 heavy (non-hydrogen) atoms. The number of methoxy groups -OCH3 is 2. The molecule has 0 aliphatic rings. The minimum atomic E-state index is -0.505. The molecule has 0 aromatic heterocycles. The molecule has 1 aromatic rings. The Morgan fingerprint density at radius 1 is 1.16 bits per heavy atom. The number of carbonyl (C=O) groups is 2. The molecule has 104 valence electrons. The van der Waals surface area contributed by atoms with Crippen LogP contribution in [0.4, 0.5) is 0 Å². The van der Waals surface area contributed by atoms with Crippen molar-refractivity contribution in [2.24, 2.45) is 0 Å². The quantitative estimate of drug-likeness (QED) is 0.550. The molecule has 6 nitrogen and oxygen atoms in total. The molecule has 6 heteroatoms. The third-order valence-corrected chi connectivity index (χ3v) is 2.29. The van der Waals surface area contributed by atoms with Crippen LogP contribution in [0.3, 0.4) is 0 Å². The topological polar surface area (TPSA) is 71.1 Å². The Balaban J connectivity index is 2.92. The first-order valence-corrected chi connectivity index (χ1v) is 5.65. The van der Waals surface area contributed by atoms with Gasteiger partial charge in [-0.3, -0.25) is 4.79 Å². The minimum absolute atomic E-state index is 0.237.